The van der Waals surface area contributed by atoms with Crippen molar-refractivity contribution in [3.63, 3.8) is 0 Å². The second-order valence-electron chi connectivity index (χ2n) is 28.6. The fourth-order valence-corrected chi connectivity index (χ4v) is 11.6. The molecule has 5 aliphatic rings. The molecule has 564 valence electrons. The number of methoxy groups -OCH3 is 6. The molecular formula is C78H113Cl3Na2O18Si2. The summed E-state index contributed by atoms with van der Waals surface area (Å²) >= 11 is 17.0. The first kappa shape index (κ1) is 98.8. The third-order valence-electron chi connectivity index (χ3n) is 20.3. The second-order valence-corrected chi connectivity index (χ2v) is 41.2. The minimum atomic E-state index is -1.82. The molecule has 18 nitrogen and oxygen atoms in total. The number of carbonyl (C=O) groups is 6. The Kier molecular flexibility index (Phi) is 42.5. The van der Waals surface area contributed by atoms with Crippen molar-refractivity contribution < 1.29 is 148 Å². The number of alkyl halides is 2. The number of benzene rings is 5. The minimum absolute atomic E-state index is 0. The number of ketones is 4. The number of rotatable bonds is 22. The summed E-state index contributed by atoms with van der Waals surface area (Å²) in [5.41, 5.74) is 6.42. The van der Waals surface area contributed by atoms with Crippen molar-refractivity contribution in [1.82, 2.24) is 0 Å². The first-order valence-corrected chi connectivity index (χ1v) is 41.6. The molecule has 0 bridgehead atoms. The number of aliphatic hydroxyl groups excluding tert-OH is 2. The number of hydrogen-bond donors (Lipinski definition) is 3. The van der Waals surface area contributed by atoms with Gasteiger partial charge in [0, 0.05) is 30.9 Å². The van der Waals surface area contributed by atoms with Crippen LogP contribution in [0.25, 0.3) is 0 Å². The molecule has 0 saturated heterocycles. The molecule has 5 aliphatic carbocycles. The molecule has 5 aromatic carbocycles. The fourth-order valence-electron chi connectivity index (χ4n) is 10.5. The smallest absolute Gasteiger partial charge is 1.00 e. The predicted molar refractivity (Wildman–Crippen MR) is 405 cm³/mol. The van der Waals surface area contributed by atoms with E-state index in [1.807, 2.05) is 84.9 Å². The Labute approximate surface area is 675 Å². The van der Waals surface area contributed by atoms with Gasteiger partial charge < -0.3 is 59.7 Å². The zero-order valence-electron chi connectivity index (χ0n) is 66.4. The van der Waals surface area contributed by atoms with Crippen LogP contribution in [0.5, 0.6) is 28.7 Å². The van der Waals surface area contributed by atoms with E-state index < -0.39 is 27.1 Å². The average Bonchev–Trinajstić information content (AvgIpc) is 1.62. The van der Waals surface area contributed by atoms with E-state index in [0.717, 1.165) is 139 Å². The Morgan fingerprint density at radius 2 is 0.757 bits per heavy atom. The number of aliphatic hydroxyl groups is 2. The van der Waals surface area contributed by atoms with Gasteiger partial charge in [0.1, 0.15) is 57.9 Å². The van der Waals surface area contributed by atoms with E-state index in [4.69, 9.17) is 82.7 Å². The van der Waals surface area contributed by atoms with Crippen LogP contribution in [0.15, 0.2) is 103 Å². The molecule has 103 heavy (non-hydrogen) atoms. The molecule has 0 heterocycles. The van der Waals surface area contributed by atoms with Crippen LogP contribution >= 0.6 is 34.3 Å². The third-order valence-corrected chi connectivity index (χ3v) is 30.5. The van der Waals surface area contributed by atoms with Gasteiger partial charge in [-0.1, -0.05) is 109 Å². The standard InChI is InChI=1S/C19H30O3Si.C13H15ClO2.C13H16O3.C12H14O2.C11H12O3.C6H15ClSi.C2H5ClO.CH2O3.CH4O.2Na.H/c1-14(20)19(10-11-19)16-8-9-17(21-5)15(12-16)13-22-23(6,7)18(2,3)4;2*1-9(15)13(5-6-13)11-3-4-12(16-2)10(7-11)8-14;1-9(13)12(7-8-12)10-3-5-11(14-2)6-4-10;1-14-9-4-2-8(3-5-9)11(6-7-11)10(12)13;1-6(2,3)8(4,5)7;1-4-2-3;2-1-4-3;1-2;;;/h8-9,12H,10-11,13H2,1-7H3;3-4,7H,5-6,8H2,1-2H3;3-4,7,14H,5-6,8H2,1-2H3;3-6H,7-8H2,1-2H3;2-5H,6-7H2,1H3,(H,12,13);1-5H3;2H2,1H3;1,3H;2H,1H3;;;/q;;;;;;;;;2*+1;-1/p-1. The third kappa shape index (κ3) is 27.8. The van der Waals surface area contributed by atoms with Crippen molar-refractivity contribution in [1.29, 1.82) is 0 Å². The summed E-state index contributed by atoms with van der Waals surface area (Å²) in [7, 11) is 7.48. The Hall–Kier alpha value is -4.18. The SMILES string of the molecule is CC(C)(C)[Si](C)(C)Cl.CO.COCCl.COc1ccc(C2(C(=O)O)CC2)cc1.COc1ccc(C2(C(C)=O)CC2)cc1.COc1ccc(C2(C(C)=O)CC2)cc1CCl.COc1ccc(C2(C(C)=O)CC2)cc1CO.COc1ccc(C2(C(C)=O)CC2)cc1CO[Si](C)(C)C(C)(C)C.O=CO[O-].[H-].[Na+].[Na+]. The van der Waals surface area contributed by atoms with Crippen molar-refractivity contribution in [2.24, 2.45) is 0 Å². The molecule has 0 unspecified atom stereocenters. The maximum atomic E-state index is 12.0. The normalized spacial score (nSPS) is 15.5. The van der Waals surface area contributed by atoms with Crippen molar-refractivity contribution in [3.8, 4) is 28.7 Å². The van der Waals surface area contributed by atoms with Gasteiger partial charge in [0.2, 0.25) is 0 Å². The summed E-state index contributed by atoms with van der Waals surface area (Å²) < 4.78 is 36.6. The summed E-state index contributed by atoms with van der Waals surface area (Å²) in [6, 6.07) is 33.0. The Morgan fingerprint density at radius 3 is 0.981 bits per heavy atom. The number of Topliss-reactive ketones (excluding diaryl/α,β-unsaturated/α-hetero) is 4. The van der Waals surface area contributed by atoms with E-state index in [0.29, 0.717) is 29.3 Å². The Morgan fingerprint density at radius 1 is 0.495 bits per heavy atom. The quantitative estimate of drug-likeness (QED) is 0.0145. The zero-order chi connectivity index (χ0) is 77.2. The molecular weight excluding hydrogens is 1430 g/mol. The van der Waals surface area contributed by atoms with Gasteiger partial charge in [-0.2, -0.15) is 11.1 Å². The minimum Gasteiger partial charge on any atom is -1.00 e. The van der Waals surface area contributed by atoms with Gasteiger partial charge in [0.15, 0.2) is 15.7 Å². The summed E-state index contributed by atoms with van der Waals surface area (Å²) in [5, 5.41) is 34.2. The molecule has 0 aliphatic heterocycles. The summed E-state index contributed by atoms with van der Waals surface area (Å²) in [4.78, 5) is 68.9. The van der Waals surface area contributed by atoms with Gasteiger partial charge >= 0.3 is 65.1 Å². The second kappa shape index (κ2) is 44.3. The molecule has 0 aromatic heterocycles. The maximum Gasteiger partial charge on any atom is 1.00 e. The molecule has 0 spiro atoms. The first-order valence-electron chi connectivity index (χ1n) is 33.6. The first-order chi connectivity index (χ1) is 47.3. The maximum absolute atomic E-state index is 12.0. The van der Waals surface area contributed by atoms with E-state index in [2.05, 4.69) is 83.4 Å². The van der Waals surface area contributed by atoms with Crippen LogP contribution in [0.1, 0.15) is 179 Å². The number of carboxylic acids is 1. The fraction of sp³-hybridized carbons (Fsp3) is 0.538. The van der Waals surface area contributed by atoms with Crippen LogP contribution in [0.3, 0.4) is 0 Å². The van der Waals surface area contributed by atoms with E-state index in [9.17, 15) is 29.1 Å². The van der Waals surface area contributed by atoms with Crippen LogP contribution in [0.4, 0.5) is 0 Å². The van der Waals surface area contributed by atoms with E-state index >= 15 is 0 Å². The van der Waals surface area contributed by atoms with Gasteiger partial charge in [-0.25, -0.2) is 0 Å². The molecule has 10 rings (SSSR count). The molecule has 0 atom stereocenters. The molecule has 5 fully saturated rings. The number of carbonyl (C=O) groups excluding carboxylic acids is 5. The number of ether oxygens (including phenoxy) is 6. The topological polar surface area (TPSA) is 260 Å². The van der Waals surface area contributed by atoms with E-state index in [-0.39, 0.29) is 123 Å². The van der Waals surface area contributed by atoms with Crippen LogP contribution < -0.4 is 88.1 Å². The monoisotopic (exact) mass is 1540 g/mol. The van der Waals surface area contributed by atoms with Crippen LogP contribution in [0.2, 0.25) is 36.3 Å². The van der Waals surface area contributed by atoms with Gasteiger partial charge in [-0.05, 0) is 204 Å². The number of halogens is 3. The zero-order valence-corrected chi connectivity index (χ0v) is 73.7. The molecule has 5 saturated carbocycles. The number of carboxylic acid groups (broad SMARTS) is 1. The summed E-state index contributed by atoms with van der Waals surface area (Å²) in [5.74, 6) is 4.59. The summed E-state index contributed by atoms with van der Waals surface area (Å²) in [6.07, 6.45) is 9.13. The van der Waals surface area contributed by atoms with Crippen LogP contribution in [0, 0.1) is 0 Å². The number of aliphatic carboxylic acids is 1. The largest absolute Gasteiger partial charge is 1.00 e. The van der Waals surface area contributed by atoms with Crippen molar-refractivity contribution in [2.45, 2.75) is 216 Å². The van der Waals surface area contributed by atoms with Crippen LogP contribution in [-0.4, -0.2) is 122 Å². The average molecular weight is 1550 g/mol. The predicted octanol–water partition coefficient (Wildman–Crippen LogP) is 10.1. The molecule has 25 heteroatoms. The van der Waals surface area contributed by atoms with E-state index in [1.54, 1.807) is 82.5 Å². The van der Waals surface area contributed by atoms with Crippen molar-refractivity contribution >= 4 is 85.6 Å². The van der Waals surface area contributed by atoms with Gasteiger partial charge in [-0.15, -0.1) is 11.6 Å². The summed E-state index contributed by atoms with van der Waals surface area (Å²) in [6.45, 7) is 29.1. The number of hydrogen-bond acceptors (Lipinski definition) is 17. The van der Waals surface area contributed by atoms with E-state index in [1.165, 1.54) is 0 Å². The van der Waals surface area contributed by atoms with Gasteiger partial charge in [0.25, 0.3) is 6.47 Å². The Balaban J connectivity index is 0. The van der Waals surface area contributed by atoms with Crippen LogP contribution in [-0.2, 0) is 89.0 Å². The van der Waals surface area contributed by atoms with Crippen molar-refractivity contribution in [3.05, 3.63) is 148 Å². The molecule has 0 amide bonds. The Bertz CT molecular complexity index is 3300. The molecule has 3 N–H and O–H groups in total. The van der Waals surface area contributed by atoms with Crippen molar-refractivity contribution in [2.75, 3.05) is 55.8 Å². The molecule has 0 radical (unpaired) electrons. The van der Waals surface area contributed by atoms with Gasteiger partial charge in [-0.3, -0.25) is 28.8 Å². The molecule has 5 aromatic rings. The van der Waals surface area contributed by atoms with Gasteiger partial charge in [0.05, 0.1) is 81.7 Å².